The number of rotatable bonds is 11. The molecule has 47 heavy (non-hydrogen) atoms. The molecular formula is C35H40N8O3S. The van der Waals surface area contributed by atoms with Crippen molar-refractivity contribution in [2.75, 3.05) is 48.3 Å². The second-order valence-electron chi connectivity index (χ2n) is 12.0. The van der Waals surface area contributed by atoms with Gasteiger partial charge >= 0.3 is 5.69 Å². The minimum atomic E-state index is -0.556. The molecular weight excluding hydrogens is 613 g/mol. The van der Waals surface area contributed by atoms with E-state index in [9.17, 15) is 4.79 Å². The summed E-state index contributed by atoms with van der Waals surface area (Å²) in [7, 11) is 0. The minimum absolute atomic E-state index is 0.0546. The Hall–Kier alpha value is -4.55. The number of benzene rings is 3. The topological polar surface area (TPSA) is 95.5 Å². The van der Waals surface area contributed by atoms with Crippen molar-refractivity contribution in [3.63, 3.8) is 0 Å². The predicted octanol–water partition coefficient (Wildman–Crippen LogP) is 4.99. The van der Waals surface area contributed by atoms with E-state index in [-0.39, 0.29) is 17.8 Å². The molecule has 5 aromatic rings. The highest BCUT2D eigenvalue weighted by molar-refractivity contribution is 8.00. The number of ether oxygens (including phenoxy) is 2. The van der Waals surface area contributed by atoms with Gasteiger partial charge in [0.05, 0.1) is 24.1 Å². The van der Waals surface area contributed by atoms with Gasteiger partial charge < -0.3 is 19.3 Å². The fraction of sp³-hybridized carbons (Fsp3) is 0.371. The molecule has 1 unspecified atom stereocenters. The summed E-state index contributed by atoms with van der Waals surface area (Å²) in [6.07, 6.45) is 5.80. The first-order valence-corrected chi connectivity index (χ1v) is 17.2. The van der Waals surface area contributed by atoms with Crippen molar-refractivity contribution in [3.05, 3.63) is 114 Å². The molecule has 0 radical (unpaired) electrons. The van der Waals surface area contributed by atoms with Gasteiger partial charge in [-0.1, -0.05) is 37.3 Å². The number of piperazine rings is 1. The molecule has 11 nitrogen and oxygen atoms in total. The van der Waals surface area contributed by atoms with E-state index >= 15 is 0 Å². The highest BCUT2D eigenvalue weighted by Crippen LogP contribution is 2.46. The van der Waals surface area contributed by atoms with Crippen LogP contribution in [0.25, 0.3) is 5.69 Å². The summed E-state index contributed by atoms with van der Waals surface area (Å²) in [5.41, 5.74) is 4.17. The van der Waals surface area contributed by atoms with Gasteiger partial charge in [0.25, 0.3) is 0 Å². The highest BCUT2D eigenvalue weighted by atomic mass is 32.2. The van der Waals surface area contributed by atoms with Crippen molar-refractivity contribution < 1.29 is 9.47 Å². The molecule has 3 aromatic carbocycles. The van der Waals surface area contributed by atoms with Crippen LogP contribution in [0.3, 0.4) is 0 Å². The van der Waals surface area contributed by atoms with Crippen LogP contribution in [0, 0.1) is 0 Å². The molecule has 12 heteroatoms. The van der Waals surface area contributed by atoms with Crippen molar-refractivity contribution >= 4 is 23.1 Å². The summed E-state index contributed by atoms with van der Waals surface area (Å²) >= 11 is 1.78. The zero-order valence-corrected chi connectivity index (χ0v) is 27.6. The number of nitrogens with zero attached hydrogens (tertiary/aromatic N) is 8. The van der Waals surface area contributed by atoms with E-state index in [0.717, 1.165) is 61.0 Å². The Kier molecular flexibility index (Phi) is 9.03. The molecule has 4 heterocycles. The lowest BCUT2D eigenvalue weighted by Gasteiger charge is -2.37. The van der Waals surface area contributed by atoms with E-state index in [1.807, 2.05) is 49.4 Å². The molecule has 0 amide bonds. The lowest BCUT2D eigenvalue weighted by molar-refractivity contribution is -0.0419. The van der Waals surface area contributed by atoms with E-state index in [1.54, 1.807) is 44.5 Å². The average Bonchev–Trinajstić information content (AvgIpc) is 3.89. The number of hydrogen-bond acceptors (Lipinski definition) is 9. The average molecular weight is 653 g/mol. The van der Waals surface area contributed by atoms with Gasteiger partial charge in [-0.2, -0.15) is 20.1 Å². The lowest BCUT2D eigenvalue weighted by Crippen LogP contribution is -2.46. The molecule has 2 aromatic heterocycles. The molecule has 3 atom stereocenters. The van der Waals surface area contributed by atoms with Crippen molar-refractivity contribution in [2.24, 2.45) is 0 Å². The third kappa shape index (κ3) is 6.66. The summed E-state index contributed by atoms with van der Waals surface area (Å²) in [6, 6.07) is 26.9. The van der Waals surface area contributed by atoms with Crippen LogP contribution in [0.4, 0.5) is 11.4 Å². The Morgan fingerprint density at radius 1 is 0.872 bits per heavy atom. The van der Waals surface area contributed by atoms with E-state index in [1.165, 1.54) is 5.69 Å². The summed E-state index contributed by atoms with van der Waals surface area (Å²) in [4.78, 5) is 18.7. The highest BCUT2D eigenvalue weighted by Gasteiger charge is 2.44. The van der Waals surface area contributed by atoms with Crippen molar-refractivity contribution in [2.45, 2.75) is 43.9 Å². The van der Waals surface area contributed by atoms with Gasteiger partial charge in [0.15, 0.2) is 4.93 Å². The summed E-state index contributed by atoms with van der Waals surface area (Å²) in [5.74, 6) is 1.66. The van der Waals surface area contributed by atoms with Crippen LogP contribution >= 0.6 is 11.8 Å². The largest absolute Gasteiger partial charge is 0.491 e. The van der Waals surface area contributed by atoms with E-state index in [0.29, 0.717) is 13.2 Å². The first kappa shape index (κ1) is 31.1. The molecule has 0 saturated carbocycles. The minimum Gasteiger partial charge on any atom is -0.491 e. The van der Waals surface area contributed by atoms with Crippen LogP contribution in [0.1, 0.15) is 31.9 Å². The maximum atomic E-state index is 12.8. The SMILES string of the molecule is CCC(C)n1ncn(-c2ccc(N3CCN(c4ccc(OC[C@@H]5CS[C@@](Cn6nccn6)(c6ccccc6)O5)cc4)CC3)cc2)c1=O. The maximum absolute atomic E-state index is 12.8. The molecule has 0 N–H and O–H groups in total. The Morgan fingerprint density at radius 3 is 2.13 bits per heavy atom. The maximum Gasteiger partial charge on any atom is 0.350 e. The van der Waals surface area contributed by atoms with Crippen LogP contribution in [0.5, 0.6) is 5.75 Å². The van der Waals surface area contributed by atoms with Gasteiger partial charge in [0.2, 0.25) is 0 Å². The van der Waals surface area contributed by atoms with Gasteiger partial charge in [-0.3, -0.25) is 0 Å². The van der Waals surface area contributed by atoms with E-state index in [4.69, 9.17) is 9.47 Å². The second kappa shape index (κ2) is 13.7. The number of hydrogen-bond donors (Lipinski definition) is 0. The molecule has 2 aliphatic rings. The zero-order chi connectivity index (χ0) is 32.2. The van der Waals surface area contributed by atoms with Crippen molar-refractivity contribution in [1.29, 1.82) is 0 Å². The van der Waals surface area contributed by atoms with Gasteiger partial charge in [-0.05, 0) is 67.4 Å². The standard InChI is InChI=1S/C35H40N8O3S/c1-3-27(2)43-34(44)41(26-38-43)31-11-9-29(10-12-31)39-19-21-40(22-20-39)30-13-15-32(16-14-30)45-23-33-24-47-35(46-33,25-42-36-17-18-37-42)28-7-5-4-6-8-28/h4-18,26-27,33H,3,19-25H2,1-2H3/t27?,33-,35+/m1/s1. The summed E-state index contributed by atoms with van der Waals surface area (Å²) in [6.45, 7) is 8.74. The molecule has 7 rings (SSSR count). The van der Waals surface area contributed by atoms with Crippen LogP contribution < -0.4 is 20.2 Å². The number of aromatic nitrogens is 6. The molecule has 2 saturated heterocycles. The van der Waals surface area contributed by atoms with Crippen LogP contribution in [0.15, 0.2) is 102 Å². The Bertz CT molecular complexity index is 1790. The Labute approximate surface area is 278 Å². The van der Waals surface area contributed by atoms with Gasteiger partial charge in [0, 0.05) is 43.3 Å². The summed E-state index contributed by atoms with van der Waals surface area (Å²) < 4.78 is 16.0. The lowest BCUT2D eigenvalue weighted by atomic mass is 10.1. The molecule has 0 aliphatic carbocycles. The normalized spacial score (nSPS) is 20.4. The first-order valence-electron chi connectivity index (χ1n) is 16.2. The molecule has 2 aliphatic heterocycles. The van der Waals surface area contributed by atoms with E-state index in [2.05, 4.69) is 68.4 Å². The van der Waals surface area contributed by atoms with Crippen molar-refractivity contribution in [1.82, 2.24) is 29.3 Å². The zero-order valence-electron chi connectivity index (χ0n) is 26.8. The fourth-order valence-electron chi connectivity index (χ4n) is 6.13. The summed E-state index contributed by atoms with van der Waals surface area (Å²) in [5, 5.41) is 12.9. The second-order valence-corrected chi connectivity index (χ2v) is 13.3. The van der Waals surface area contributed by atoms with Gasteiger partial charge in [-0.25, -0.2) is 14.0 Å². The predicted molar refractivity (Wildman–Crippen MR) is 185 cm³/mol. The monoisotopic (exact) mass is 652 g/mol. The third-order valence-electron chi connectivity index (χ3n) is 9.00. The molecule has 2 fully saturated rings. The molecule has 0 spiro atoms. The van der Waals surface area contributed by atoms with Crippen LogP contribution in [0.2, 0.25) is 0 Å². The quantitative estimate of drug-likeness (QED) is 0.196. The Balaban J connectivity index is 0.913. The fourth-order valence-corrected chi connectivity index (χ4v) is 7.47. The van der Waals surface area contributed by atoms with Crippen LogP contribution in [-0.4, -0.2) is 74.0 Å². The third-order valence-corrected chi connectivity index (χ3v) is 10.5. The molecule has 244 valence electrons. The Morgan fingerprint density at radius 2 is 1.49 bits per heavy atom. The van der Waals surface area contributed by atoms with E-state index < -0.39 is 4.93 Å². The van der Waals surface area contributed by atoms with Gasteiger partial charge in [0.1, 0.15) is 31.3 Å². The van der Waals surface area contributed by atoms with Crippen molar-refractivity contribution in [3.8, 4) is 11.4 Å². The van der Waals surface area contributed by atoms with Gasteiger partial charge in [-0.15, -0.1) is 11.8 Å². The smallest absolute Gasteiger partial charge is 0.350 e. The first-order chi connectivity index (χ1) is 23.0. The molecule has 0 bridgehead atoms. The number of thioether (sulfide) groups is 1. The number of anilines is 2. The van der Waals surface area contributed by atoms with Crippen LogP contribution in [-0.2, 0) is 16.2 Å².